The molecule has 2 unspecified atom stereocenters. The quantitative estimate of drug-likeness (QED) is 0.511. The van der Waals surface area contributed by atoms with Gasteiger partial charge in [0.2, 0.25) is 11.7 Å². The Hall–Kier alpha value is -3.04. The summed E-state index contributed by atoms with van der Waals surface area (Å²) >= 11 is 5.53. The molecule has 30 heavy (non-hydrogen) atoms. The van der Waals surface area contributed by atoms with Crippen LogP contribution in [0.15, 0.2) is 48.7 Å². The highest BCUT2D eigenvalue weighted by Crippen LogP contribution is 2.46. The molecule has 0 spiro atoms. The molecule has 0 bridgehead atoms. The van der Waals surface area contributed by atoms with Crippen molar-refractivity contribution in [3.63, 3.8) is 0 Å². The smallest absolute Gasteiger partial charge is 0.260 e. The molecule has 2 atom stereocenters. The van der Waals surface area contributed by atoms with Gasteiger partial charge in [0.05, 0.1) is 5.56 Å². The van der Waals surface area contributed by atoms with E-state index in [0.717, 1.165) is 5.69 Å². The fourth-order valence-electron chi connectivity index (χ4n) is 3.99. The summed E-state index contributed by atoms with van der Waals surface area (Å²) in [6.07, 6.45) is 1.61. The molecule has 0 aliphatic carbocycles. The number of fused-ring (bicyclic) bond motifs is 3. The lowest BCUT2D eigenvalue weighted by Gasteiger charge is -2.42. The standard InChI is InChI=1S/C21H24N6O2S/c1-13(2)20(3)18(29)24-21(16-15(11-8-12-22-16)17(28)27(20)21)25-26(4)19(30)23-14-9-6-5-7-10-14/h5-13,25H,1-4H3,(H,23,30)(H,24,29). The van der Waals surface area contributed by atoms with Crippen LogP contribution in [0.2, 0.25) is 0 Å². The summed E-state index contributed by atoms with van der Waals surface area (Å²) < 4.78 is 0. The summed E-state index contributed by atoms with van der Waals surface area (Å²) in [6.45, 7) is 5.62. The molecule has 1 saturated heterocycles. The molecule has 3 heterocycles. The number of anilines is 1. The van der Waals surface area contributed by atoms with Crippen LogP contribution in [0.5, 0.6) is 0 Å². The first-order valence-corrected chi connectivity index (χ1v) is 10.1. The average Bonchev–Trinajstić information content (AvgIpc) is 3.10. The Morgan fingerprint density at radius 1 is 1.20 bits per heavy atom. The second-order valence-electron chi connectivity index (χ2n) is 7.97. The zero-order valence-electron chi connectivity index (χ0n) is 17.3. The van der Waals surface area contributed by atoms with Gasteiger partial charge in [-0.25, -0.2) is 0 Å². The van der Waals surface area contributed by atoms with Crippen molar-refractivity contribution >= 4 is 34.8 Å². The number of para-hydroxylation sites is 1. The fraction of sp³-hybridized carbons (Fsp3) is 0.333. The number of carbonyl (C=O) groups excluding carboxylic acids is 2. The molecule has 156 valence electrons. The second kappa shape index (κ2) is 7.03. The zero-order valence-corrected chi connectivity index (χ0v) is 18.1. The molecule has 2 aliphatic rings. The summed E-state index contributed by atoms with van der Waals surface area (Å²) in [4.78, 5) is 32.5. The van der Waals surface area contributed by atoms with Crippen molar-refractivity contribution in [1.82, 2.24) is 25.6 Å². The Bertz CT molecular complexity index is 1030. The molecule has 2 aliphatic heterocycles. The highest BCUT2D eigenvalue weighted by molar-refractivity contribution is 7.80. The summed E-state index contributed by atoms with van der Waals surface area (Å²) in [5.74, 6) is -1.96. The van der Waals surface area contributed by atoms with Crippen LogP contribution >= 0.6 is 12.2 Å². The van der Waals surface area contributed by atoms with Gasteiger partial charge < -0.3 is 10.6 Å². The monoisotopic (exact) mass is 424 g/mol. The van der Waals surface area contributed by atoms with E-state index in [1.54, 1.807) is 42.2 Å². The third kappa shape index (κ3) is 2.77. The second-order valence-corrected chi connectivity index (χ2v) is 8.36. The van der Waals surface area contributed by atoms with Gasteiger partial charge in [0.15, 0.2) is 5.11 Å². The van der Waals surface area contributed by atoms with Crippen LogP contribution in [0.25, 0.3) is 0 Å². The number of amides is 2. The van der Waals surface area contributed by atoms with Crippen LogP contribution in [0.3, 0.4) is 0 Å². The van der Waals surface area contributed by atoms with E-state index in [9.17, 15) is 9.59 Å². The molecule has 3 N–H and O–H groups in total. The Labute approximate surface area is 180 Å². The predicted octanol–water partition coefficient (Wildman–Crippen LogP) is 2.03. The van der Waals surface area contributed by atoms with Gasteiger partial charge in [-0.3, -0.25) is 24.5 Å². The predicted molar refractivity (Wildman–Crippen MR) is 117 cm³/mol. The minimum absolute atomic E-state index is 0.126. The zero-order chi connectivity index (χ0) is 21.7. The van der Waals surface area contributed by atoms with E-state index in [-0.39, 0.29) is 17.7 Å². The third-order valence-corrected chi connectivity index (χ3v) is 6.30. The number of nitrogens with one attached hydrogen (secondary N) is 3. The Morgan fingerprint density at radius 2 is 1.90 bits per heavy atom. The van der Waals surface area contributed by atoms with Crippen molar-refractivity contribution in [1.29, 1.82) is 0 Å². The molecule has 1 aromatic carbocycles. The highest BCUT2D eigenvalue weighted by atomic mass is 32.1. The van der Waals surface area contributed by atoms with Gasteiger partial charge in [-0.1, -0.05) is 32.0 Å². The van der Waals surface area contributed by atoms with E-state index < -0.39 is 11.3 Å². The van der Waals surface area contributed by atoms with Crippen LogP contribution in [0, 0.1) is 5.92 Å². The lowest BCUT2D eigenvalue weighted by Crippen LogP contribution is -2.65. The first-order chi connectivity index (χ1) is 14.2. The first-order valence-electron chi connectivity index (χ1n) is 9.72. The minimum Gasteiger partial charge on any atom is -0.332 e. The summed E-state index contributed by atoms with van der Waals surface area (Å²) in [5, 5.41) is 8.10. The molecular formula is C21H24N6O2S. The summed E-state index contributed by atoms with van der Waals surface area (Å²) in [7, 11) is 1.73. The maximum atomic E-state index is 13.4. The van der Waals surface area contributed by atoms with Crippen LogP contribution < -0.4 is 16.1 Å². The molecule has 0 saturated carbocycles. The summed E-state index contributed by atoms with van der Waals surface area (Å²) in [5.41, 5.74) is 3.91. The van der Waals surface area contributed by atoms with Crippen molar-refractivity contribution in [2.45, 2.75) is 32.1 Å². The van der Waals surface area contributed by atoms with Gasteiger partial charge in [0, 0.05) is 18.9 Å². The third-order valence-electron chi connectivity index (χ3n) is 5.92. The van der Waals surface area contributed by atoms with E-state index >= 15 is 0 Å². The Kier molecular flexibility index (Phi) is 4.74. The number of thiocarbonyl (C=S) groups is 1. The van der Waals surface area contributed by atoms with E-state index in [1.165, 1.54) is 0 Å². The maximum absolute atomic E-state index is 13.4. The molecular weight excluding hydrogens is 400 g/mol. The number of nitrogens with zero attached hydrogens (tertiary/aromatic N) is 3. The molecule has 0 radical (unpaired) electrons. The van der Waals surface area contributed by atoms with Crippen molar-refractivity contribution < 1.29 is 9.59 Å². The number of benzene rings is 1. The molecule has 2 amide bonds. The Morgan fingerprint density at radius 3 is 2.57 bits per heavy atom. The van der Waals surface area contributed by atoms with Crippen LogP contribution in [0.4, 0.5) is 5.69 Å². The Balaban J connectivity index is 1.73. The topological polar surface area (TPSA) is 89.6 Å². The van der Waals surface area contributed by atoms with Crippen molar-refractivity contribution in [3.8, 4) is 0 Å². The lowest BCUT2D eigenvalue weighted by atomic mass is 9.87. The number of carbonyl (C=O) groups is 2. The maximum Gasteiger partial charge on any atom is 0.260 e. The van der Waals surface area contributed by atoms with E-state index in [4.69, 9.17) is 12.2 Å². The minimum atomic E-state index is -1.33. The number of hydrogen-bond acceptors (Lipinski definition) is 5. The lowest BCUT2D eigenvalue weighted by molar-refractivity contribution is -0.127. The van der Waals surface area contributed by atoms with E-state index in [2.05, 4.69) is 21.0 Å². The van der Waals surface area contributed by atoms with Gasteiger partial charge in [-0.2, -0.15) is 5.43 Å². The molecule has 9 heteroatoms. The van der Waals surface area contributed by atoms with Crippen molar-refractivity contribution in [2.24, 2.45) is 5.92 Å². The fourth-order valence-corrected chi connectivity index (χ4v) is 4.15. The molecule has 8 nitrogen and oxygen atoms in total. The van der Waals surface area contributed by atoms with Gasteiger partial charge in [-0.05, 0) is 49.3 Å². The molecule has 1 fully saturated rings. The normalized spacial score (nSPS) is 24.5. The highest BCUT2D eigenvalue weighted by Gasteiger charge is 2.68. The van der Waals surface area contributed by atoms with Gasteiger partial charge >= 0.3 is 0 Å². The first kappa shape index (κ1) is 20.2. The van der Waals surface area contributed by atoms with Crippen molar-refractivity contribution in [2.75, 3.05) is 12.4 Å². The van der Waals surface area contributed by atoms with Crippen LogP contribution in [0.1, 0.15) is 36.8 Å². The number of hydrogen-bond donors (Lipinski definition) is 3. The number of aromatic nitrogens is 1. The van der Waals surface area contributed by atoms with Crippen LogP contribution in [-0.4, -0.2) is 44.4 Å². The molecule has 2 aromatic rings. The number of hydrazine groups is 1. The van der Waals surface area contributed by atoms with Gasteiger partial charge in [-0.15, -0.1) is 0 Å². The molecule has 1 aromatic heterocycles. The molecule has 4 rings (SSSR count). The summed E-state index contributed by atoms with van der Waals surface area (Å²) in [6, 6.07) is 13.0. The number of pyridine rings is 1. The SMILES string of the molecule is CC(C)C1(C)C(=O)NC2(NN(C)C(=S)Nc3ccccc3)c3ncccc3C(=O)N21. The van der Waals surface area contributed by atoms with Crippen molar-refractivity contribution in [3.05, 3.63) is 59.9 Å². The van der Waals surface area contributed by atoms with Gasteiger partial charge in [0.25, 0.3) is 5.91 Å². The largest absolute Gasteiger partial charge is 0.332 e. The van der Waals surface area contributed by atoms with E-state index in [0.29, 0.717) is 16.4 Å². The van der Waals surface area contributed by atoms with Crippen LogP contribution in [-0.2, 0) is 10.6 Å². The average molecular weight is 425 g/mol. The van der Waals surface area contributed by atoms with E-state index in [1.807, 2.05) is 44.2 Å². The van der Waals surface area contributed by atoms with Gasteiger partial charge in [0.1, 0.15) is 11.2 Å². The number of rotatable bonds is 4.